The number of nitrogens with two attached hydrogens (primary N) is 1. The van der Waals surface area contributed by atoms with Crippen LogP contribution in [-0.4, -0.2) is 4.98 Å². The van der Waals surface area contributed by atoms with Crippen LogP contribution in [0.5, 0.6) is 0 Å². The molecule has 0 atom stereocenters. The number of hydrogen-bond acceptors (Lipinski definition) is 4. The molecule has 78 valence electrons. The first-order chi connectivity index (χ1) is 7.13. The van der Waals surface area contributed by atoms with Crippen molar-refractivity contribution in [1.29, 1.82) is 0 Å². The number of hydrogen-bond donors (Lipinski definition) is 2. The first-order valence-electron chi connectivity index (χ1n) is 4.70. The molecule has 0 fully saturated rings. The molecule has 0 saturated carbocycles. The van der Waals surface area contributed by atoms with Crippen LogP contribution in [0.2, 0.25) is 0 Å². The van der Waals surface area contributed by atoms with E-state index < -0.39 is 0 Å². The fraction of sp³-hybridized carbons (Fsp3) is 0.182. The summed E-state index contributed by atoms with van der Waals surface area (Å²) >= 11 is 1.45. The van der Waals surface area contributed by atoms with Gasteiger partial charge in [0, 0.05) is 5.69 Å². The second-order valence-corrected chi connectivity index (χ2v) is 4.63. The minimum absolute atomic E-state index is 0.724. The summed E-state index contributed by atoms with van der Waals surface area (Å²) in [6.07, 6.45) is 1.66. The highest BCUT2D eigenvalue weighted by Crippen LogP contribution is 2.24. The van der Waals surface area contributed by atoms with E-state index in [0.29, 0.717) is 0 Å². The van der Waals surface area contributed by atoms with Gasteiger partial charge in [0.1, 0.15) is 5.00 Å². The predicted molar refractivity (Wildman–Crippen MR) is 65.7 cm³/mol. The van der Waals surface area contributed by atoms with E-state index in [1.165, 1.54) is 22.5 Å². The maximum absolute atomic E-state index is 5.61. The monoisotopic (exact) mass is 219 g/mol. The van der Waals surface area contributed by atoms with E-state index in [1.807, 2.05) is 0 Å². The van der Waals surface area contributed by atoms with Crippen LogP contribution in [0.4, 0.5) is 15.8 Å². The molecule has 4 heteroatoms. The standard InChI is InChI=1S/C11H13N3S/c1-7-3-8(2)5-9(4-7)14-11-13-6-10(12)15-11/h3-6H,12H2,1-2H3,(H,13,14). The van der Waals surface area contributed by atoms with Gasteiger partial charge in [0.05, 0.1) is 6.20 Å². The number of nitrogen functional groups attached to an aromatic ring is 1. The van der Waals surface area contributed by atoms with Crippen LogP contribution in [-0.2, 0) is 0 Å². The summed E-state index contributed by atoms with van der Waals surface area (Å²) in [5.74, 6) is 0. The number of aromatic nitrogens is 1. The summed E-state index contributed by atoms with van der Waals surface area (Å²) in [4.78, 5) is 4.15. The van der Waals surface area contributed by atoms with Crippen molar-refractivity contribution in [3.63, 3.8) is 0 Å². The zero-order chi connectivity index (χ0) is 10.8. The van der Waals surface area contributed by atoms with Gasteiger partial charge < -0.3 is 11.1 Å². The Morgan fingerprint density at radius 1 is 1.20 bits per heavy atom. The van der Waals surface area contributed by atoms with E-state index in [0.717, 1.165) is 15.8 Å². The van der Waals surface area contributed by atoms with Crippen molar-refractivity contribution in [2.24, 2.45) is 0 Å². The maximum atomic E-state index is 5.61. The van der Waals surface area contributed by atoms with Crippen LogP contribution < -0.4 is 11.1 Å². The van der Waals surface area contributed by atoms with Crippen molar-refractivity contribution >= 4 is 27.2 Å². The zero-order valence-electron chi connectivity index (χ0n) is 8.74. The van der Waals surface area contributed by atoms with Gasteiger partial charge in [-0.05, 0) is 37.1 Å². The highest BCUT2D eigenvalue weighted by Gasteiger charge is 2.00. The minimum atomic E-state index is 0.724. The molecule has 0 aliphatic rings. The lowest BCUT2D eigenvalue weighted by molar-refractivity contribution is 1.35. The van der Waals surface area contributed by atoms with E-state index in [1.54, 1.807) is 6.20 Å². The van der Waals surface area contributed by atoms with E-state index in [9.17, 15) is 0 Å². The molecule has 0 spiro atoms. The second-order valence-electron chi connectivity index (χ2n) is 3.57. The van der Waals surface area contributed by atoms with Crippen LogP contribution in [0.3, 0.4) is 0 Å². The van der Waals surface area contributed by atoms with Gasteiger partial charge in [0.25, 0.3) is 0 Å². The molecule has 0 aliphatic heterocycles. The third-order valence-corrected chi connectivity index (χ3v) is 2.74. The molecule has 3 N–H and O–H groups in total. The average Bonchev–Trinajstić information content (AvgIpc) is 2.49. The molecule has 0 bridgehead atoms. The molecule has 0 unspecified atom stereocenters. The molecule has 1 aromatic carbocycles. The number of anilines is 3. The van der Waals surface area contributed by atoms with Crippen molar-refractivity contribution in [2.75, 3.05) is 11.1 Å². The van der Waals surface area contributed by atoms with Gasteiger partial charge in [-0.25, -0.2) is 4.98 Å². The number of thiazole rings is 1. The predicted octanol–water partition coefficient (Wildman–Crippen LogP) is 3.09. The lowest BCUT2D eigenvalue weighted by atomic mass is 10.1. The van der Waals surface area contributed by atoms with Crippen molar-refractivity contribution in [3.05, 3.63) is 35.5 Å². The number of aryl methyl sites for hydroxylation is 2. The topological polar surface area (TPSA) is 50.9 Å². The molecule has 0 amide bonds. The molecule has 1 aromatic heterocycles. The summed E-state index contributed by atoms with van der Waals surface area (Å²) in [6.45, 7) is 4.16. The molecular weight excluding hydrogens is 206 g/mol. The first kappa shape index (κ1) is 9.98. The molecule has 2 rings (SSSR count). The number of rotatable bonds is 2. The third kappa shape index (κ3) is 2.47. The van der Waals surface area contributed by atoms with Crippen molar-refractivity contribution in [2.45, 2.75) is 13.8 Å². The molecular formula is C11H13N3S. The number of benzene rings is 1. The fourth-order valence-electron chi connectivity index (χ4n) is 1.51. The Labute approximate surface area is 93.0 Å². The number of nitrogens with zero attached hydrogens (tertiary/aromatic N) is 1. The Morgan fingerprint density at radius 2 is 1.87 bits per heavy atom. The van der Waals surface area contributed by atoms with Gasteiger partial charge in [-0.2, -0.15) is 0 Å². The van der Waals surface area contributed by atoms with Gasteiger partial charge >= 0.3 is 0 Å². The van der Waals surface area contributed by atoms with E-state index >= 15 is 0 Å². The molecule has 0 aliphatic carbocycles. The van der Waals surface area contributed by atoms with Crippen LogP contribution in [0.25, 0.3) is 0 Å². The summed E-state index contributed by atoms with van der Waals surface area (Å²) in [6, 6.07) is 6.32. The Kier molecular flexibility index (Phi) is 2.60. The van der Waals surface area contributed by atoms with Crippen LogP contribution in [0.1, 0.15) is 11.1 Å². The van der Waals surface area contributed by atoms with Crippen molar-refractivity contribution in [3.8, 4) is 0 Å². The molecule has 15 heavy (non-hydrogen) atoms. The Morgan fingerprint density at radius 3 is 2.40 bits per heavy atom. The fourth-order valence-corrected chi connectivity index (χ4v) is 2.12. The molecule has 0 saturated heterocycles. The Balaban J connectivity index is 2.24. The molecule has 2 aromatic rings. The average molecular weight is 219 g/mol. The summed E-state index contributed by atoms with van der Waals surface area (Å²) < 4.78 is 0. The van der Waals surface area contributed by atoms with Crippen molar-refractivity contribution < 1.29 is 0 Å². The van der Waals surface area contributed by atoms with Crippen LogP contribution in [0, 0.1) is 13.8 Å². The second kappa shape index (κ2) is 3.90. The van der Waals surface area contributed by atoms with Crippen LogP contribution in [0.15, 0.2) is 24.4 Å². The minimum Gasteiger partial charge on any atom is -0.389 e. The smallest absolute Gasteiger partial charge is 0.189 e. The molecule has 0 radical (unpaired) electrons. The van der Waals surface area contributed by atoms with Gasteiger partial charge in [0.2, 0.25) is 0 Å². The highest BCUT2D eigenvalue weighted by molar-refractivity contribution is 7.19. The van der Waals surface area contributed by atoms with Gasteiger partial charge in [0.15, 0.2) is 5.13 Å². The lowest BCUT2D eigenvalue weighted by Gasteiger charge is -2.05. The molecule has 1 heterocycles. The highest BCUT2D eigenvalue weighted by atomic mass is 32.1. The number of nitrogens with one attached hydrogen (secondary N) is 1. The SMILES string of the molecule is Cc1cc(C)cc(Nc2ncc(N)s2)c1. The maximum Gasteiger partial charge on any atom is 0.189 e. The van der Waals surface area contributed by atoms with Gasteiger partial charge in [-0.1, -0.05) is 17.4 Å². The third-order valence-electron chi connectivity index (χ3n) is 2.00. The molecule has 3 nitrogen and oxygen atoms in total. The summed E-state index contributed by atoms with van der Waals surface area (Å²) in [5.41, 5.74) is 9.14. The quantitative estimate of drug-likeness (QED) is 0.816. The van der Waals surface area contributed by atoms with E-state index in [2.05, 4.69) is 42.3 Å². The normalized spacial score (nSPS) is 10.3. The zero-order valence-corrected chi connectivity index (χ0v) is 9.56. The van der Waals surface area contributed by atoms with E-state index in [4.69, 9.17) is 5.73 Å². The van der Waals surface area contributed by atoms with E-state index in [-0.39, 0.29) is 0 Å². The van der Waals surface area contributed by atoms with Gasteiger partial charge in [-0.3, -0.25) is 0 Å². The summed E-state index contributed by atoms with van der Waals surface area (Å²) in [5, 5.41) is 4.79. The van der Waals surface area contributed by atoms with Crippen LogP contribution >= 0.6 is 11.3 Å². The van der Waals surface area contributed by atoms with Crippen molar-refractivity contribution in [1.82, 2.24) is 4.98 Å². The largest absolute Gasteiger partial charge is 0.389 e. The Bertz CT molecular complexity index is 456. The van der Waals surface area contributed by atoms with Gasteiger partial charge in [-0.15, -0.1) is 0 Å². The summed E-state index contributed by atoms with van der Waals surface area (Å²) in [7, 11) is 0. The lowest BCUT2D eigenvalue weighted by Crippen LogP contribution is -1.90. The first-order valence-corrected chi connectivity index (χ1v) is 5.52. The Hall–Kier alpha value is -1.55.